The molecule has 1 aromatic rings. The van der Waals surface area contributed by atoms with Crippen molar-refractivity contribution in [3.05, 3.63) is 34.9 Å². The maximum atomic E-state index is 3.64. The van der Waals surface area contributed by atoms with Crippen LogP contribution in [0.4, 0.5) is 0 Å². The molecule has 0 saturated heterocycles. The van der Waals surface area contributed by atoms with Crippen molar-refractivity contribution in [3.63, 3.8) is 0 Å². The Hall–Kier alpha value is -0.300. The van der Waals surface area contributed by atoms with Gasteiger partial charge >= 0.3 is 0 Å². The zero-order valence-corrected chi connectivity index (χ0v) is 11.8. The quantitative estimate of drug-likeness (QED) is 0.687. The number of benzene rings is 1. The molecule has 1 aromatic carbocycles. The van der Waals surface area contributed by atoms with Gasteiger partial charge in [0.05, 0.1) is 0 Å². The number of alkyl halides is 1. The normalized spacial score (nSPS) is 13.2. The first-order chi connectivity index (χ1) is 7.04. The molecule has 0 aliphatic rings. The number of rotatable bonds is 4. The van der Waals surface area contributed by atoms with Crippen molar-refractivity contribution in [2.45, 2.75) is 40.0 Å². The molecule has 1 heteroatoms. The Morgan fingerprint density at radius 3 is 2.40 bits per heavy atom. The Bertz CT molecular complexity index is 315. The number of hydrogen-bond acceptors (Lipinski definition) is 0. The van der Waals surface area contributed by atoms with Crippen LogP contribution < -0.4 is 0 Å². The second-order valence-corrected chi connectivity index (χ2v) is 5.49. The Morgan fingerprint density at radius 1 is 1.20 bits per heavy atom. The lowest BCUT2D eigenvalue weighted by molar-refractivity contribution is 0.528. The SMILES string of the molecule is Cc1ccc(C)c(C(CBr)CC(C)C)c1. The van der Waals surface area contributed by atoms with Crippen LogP contribution in [0.3, 0.4) is 0 Å². The summed E-state index contributed by atoms with van der Waals surface area (Å²) in [7, 11) is 0. The van der Waals surface area contributed by atoms with E-state index in [9.17, 15) is 0 Å². The van der Waals surface area contributed by atoms with E-state index >= 15 is 0 Å². The van der Waals surface area contributed by atoms with Crippen molar-refractivity contribution >= 4 is 15.9 Å². The Labute approximate surface area is 102 Å². The van der Waals surface area contributed by atoms with Gasteiger partial charge in [0.25, 0.3) is 0 Å². The molecule has 0 aliphatic heterocycles. The topological polar surface area (TPSA) is 0 Å². The van der Waals surface area contributed by atoms with E-state index in [4.69, 9.17) is 0 Å². The first-order valence-corrected chi connectivity index (χ1v) is 6.79. The van der Waals surface area contributed by atoms with Crippen LogP contribution in [0.25, 0.3) is 0 Å². The molecular formula is C14H21Br. The van der Waals surface area contributed by atoms with Gasteiger partial charge in [0.1, 0.15) is 0 Å². The molecule has 1 atom stereocenters. The third-order valence-electron chi connectivity index (χ3n) is 2.82. The number of hydrogen-bond donors (Lipinski definition) is 0. The second kappa shape index (κ2) is 5.69. The van der Waals surface area contributed by atoms with E-state index in [0.717, 1.165) is 11.2 Å². The van der Waals surface area contributed by atoms with Crippen LogP contribution in [0.15, 0.2) is 18.2 Å². The fourth-order valence-electron chi connectivity index (χ4n) is 2.04. The summed E-state index contributed by atoms with van der Waals surface area (Å²) in [6, 6.07) is 6.77. The highest BCUT2D eigenvalue weighted by Crippen LogP contribution is 2.28. The van der Waals surface area contributed by atoms with Gasteiger partial charge < -0.3 is 0 Å². The van der Waals surface area contributed by atoms with E-state index in [-0.39, 0.29) is 0 Å². The highest BCUT2D eigenvalue weighted by Gasteiger charge is 2.14. The molecule has 0 nitrogen and oxygen atoms in total. The predicted molar refractivity (Wildman–Crippen MR) is 71.9 cm³/mol. The van der Waals surface area contributed by atoms with Gasteiger partial charge in [0.2, 0.25) is 0 Å². The van der Waals surface area contributed by atoms with E-state index < -0.39 is 0 Å². The lowest BCUT2D eigenvalue weighted by Gasteiger charge is -2.19. The van der Waals surface area contributed by atoms with E-state index in [1.807, 2.05) is 0 Å². The number of aryl methyl sites for hydroxylation is 2. The smallest absolute Gasteiger partial charge is 0.0100 e. The van der Waals surface area contributed by atoms with E-state index in [2.05, 4.69) is 61.8 Å². The molecule has 0 bridgehead atoms. The molecule has 0 aromatic heterocycles. The largest absolute Gasteiger partial charge is 0.0921 e. The summed E-state index contributed by atoms with van der Waals surface area (Å²) in [5, 5.41) is 1.06. The molecule has 0 aliphatic carbocycles. The predicted octanol–water partition coefficient (Wildman–Crippen LogP) is 4.83. The van der Waals surface area contributed by atoms with Crippen LogP contribution in [0.1, 0.15) is 42.9 Å². The third kappa shape index (κ3) is 3.64. The lowest BCUT2D eigenvalue weighted by Crippen LogP contribution is -2.06. The van der Waals surface area contributed by atoms with Gasteiger partial charge in [-0.2, -0.15) is 0 Å². The van der Waals surface area contributed by atoms with E-state index in [0.29, 0.717) is 5.92 Å². The monoisotopic (exact) mass is 268 g/mol. The summed E-state index contributed by atoms with van der Waals surface area (Å²) in [6.45, 7) is 8.97. The maximum absolute atomic E-state index is 3.64. The molecule has 0 heterocycles. The minimum absolute atomic E-state index is 0.657. The van der Waals surface area contributed by atoms with Crippen LogP contribution in [-0.4, -0.2) is 5.33 Å². The Morgan fingerprint density at radius 2 is 1.87 bits per heavy atom. The average Bonchev–Trinajstić information content (AvgIpc) is 2.18. The standard InChI is InChI=1S/C14H21Br/c1-10(2)7-13(9-15)14-8-11(3)5-6-12(14)4/h5-6,8,10,13H,7,9H2,1-4H3. The Balaban J connectivity index is 2.95. The molecule has 0 spiro atoms. The van der Waals surface area contributed by atoms with Gasteiger partial charge in [-0.15, -0.1) is 0 Å². The Kier molecular flexibility index (Phi) is 4.85. The molecular weight excluding hydrogens is 248 g/mol. The molecule has 0 N–H and O–H groups in total. The summed E-state index contributed by atoms with van der Waals surface area (Å²) >= 11 is 3.64. The van der Waals surface area contributed by atoms with Crippen molar-refractivity contribution in [3.8, 4) is 0 Å². The highest BCUT2D eigenvalue weighted by atomic mass is 79.9. The minimum atomic E-state index is 0.657. The zero-order chi connectivity index (χ0) is 11.4. The fourth-order valence-corrected chi connectivity index (χ4v) is 2.65. The zero-order valence-electron chi connectivity index (χ0n) is 10.2. The molecule has 84 valence electrons. The van der Waals surface area contributed by atoms with Crippen LogP contribution in [0.2, 0.25) is 0 Å². The second-order valence-electron chi connectivity index (χ2n) is 4.84. The van der Waals surface area contributed by atoms with Crippen molar-refractivity contribution in [1.29, 1.82) is 0 Å². The van der Waals surface area contributed by atoms with E-state index in [1.165, 1.54) is 23.1 Å². The van der Waals surface area contributed by atoms with E-state index in [1.54, 1.807) is 0 Å². The van der Waals surface area contributed by atoms with Crippen molar-refractivity contribution in [2.75, 3.05) is 5.33 Å². The molecule has 15 heavy (non-hydrogen) atoms. The first kappa shape index (κ1) is 12.8. The molecule has 1 rings (SSSR count). The summed E-state index contributed by atoms with van der Waals surface area (Å²) in [5.41, 5.74) is 4.30. The van der Waals surface area contributed by atoms with Gasteiger partial charge in [0, 0.05) is 5.33 Å². The summed E-state index contributed by atoms with van der Waals surface area (Å²) in [4.78, 5) is 0. The third-order valence-corrected chi connectivity index (χ3v) is 3.60. The molecule has 0 amide bonds. The number of halogens is 1. The minimum Gasteiger partial charge on any atom is -0.0921 e. The molecule has 0 fully saturated rings. The average molecular weight is 269 g/mol. The first-order valence-electron chi connectivity index (χ1n) is 5.67. The maximum Gasteiger partial charge on any atom is 0.0100 e. The summed E-state index contributed by atoms with van der Waals surface area (Å²) in [5.74, 6) is 1.41. The summed E-state index contributed by atoms with van der Waals surface area (Å²) in [6.07, 6.45) is 1.26. The van der Waals surface area contributed by atoms with Crippen LogP contribution in [-0.2, 0) is 0 Å². The van der Waals surface area contributed by atoms with Crippen molar-refractivity contribution in [2.24, 2.45) is 5.92 Å². The van der Waals surface area contributed by atoms with Crippen molar-refractivity contribution in [1.82, 2.24) is 0 Å². The van der Waals surface area contributed by atoms with Gasteiger partial charge in [0.15, 0.2) is 0 Å². The van der Waals surface area contributed by atoms with Gasteiger partial charge in [-0.1, -0.05) is 53.5 Å². The molecule has 0 saturated carbocycles. The fraction of sp³-hybridized carbons (Fsp3) is 0.571. The molecule has 0 radical (unpaired) electrons. The lowest BCUT2D eigenvalue weighted by atomic mass is 9.88. The molecule has 1 unspecified atom stereocenters. The van der Waals surface area contributed by atoms with Crippen molar-refractivity contribution < 1.29 is 0 Å². The van der Waals surface area contributed by atoms with Gasteiger partial charge in [-0.25, -0.2) is 0 Å². The van der Waals surface area contributed by atoms with Gasteiger partial charge in [-0.3, -0.25) is 0 Å². The van der Waals surface area contributed by atoms with Crippen LogP contribution >= 0.6 is 15.9 Å². The van der Waals surface area contributed by atoms with Gasteiger partial charge in [-0.05, 0) is 43.2 Å². The highest BCUT2D eigenvalue weighted by molar-refractivity contribution is 9.09. The summed E-state index contributed by atoms with van der Waals surface area (Å²) < 4.78 is 0. The van der Waals surface area contributed by atoms with Crippen LogP contribution in [0.5, 0.6) is 0 Å². The van der Waals surface area contributed by atoms with Crippen LogP contribution in [0, 0.1) is 19.8 Å².